The quantitative estimate of drug-likeness (QED) is 0.842. The summed E-state index contributed by atoms with van der Waals surface area (Å²) in [5, 5.41) is 0. The van der Waals surface area contributed by atoms with Crippen LogP contribution in [0.5, 0.6) is 0 Å². The molecule has 0 aromatic carbocycles. The minimum absolute atomic E-state index is 0.125. The lowest BCUT2D eigenvalue weighted by molar-refractivity contribution is -0.146. The summed E-state index contributed by atoms with van der Waals surface area (Å²) in [7, 11) is 1.29. The van der Waals surface area contributed by atoms with Crippen LogP contribution in [0.1, 0.15) is 11.6 Å². The molecule has 1 unspecified atom stereocenters. The maximum atomic E-state index is 10.8. The van der Waals surface area contributed by atoms with Gasteiger partial charge < -0.3 is 15.2 Å². The number of nitrogens with two attached hydrogens (primary N) is 1. The minimum Gasteiger partial charge on any atom is -0.467 e. The number of hydrogen-bond donors (Lipinski definition) is 1. The van der Waals surface area contributed by atoms with Crippen molar-refractivity contribution in [1.29, 1.82) is 0 Å². The molecule has 1 heterocycles. The topological polar surface area (TPSA) is 61.5 Å². The Morgan fingerprint density at radius 3 is 2.81 bits per heavy atom. The molecular weight excluding hydrogens is 273 g/mol. The molecule has 0 spiro atoms. The Labute approximate surface area is 107 Å². The van der Waals surface area contributed by atoms with E-state index < -0.39 is 12.0 Å². The predicted molar refractivity (Wildman–Crippen MR) is 64.1 cm³/mol. The molecular formula is C9H11Cl2NO3S. The fourth-order valence-electron chi connectivity index (χ4n) is 1.02. The van der Waals surface area contributed by atoms with Gasteiger partial charge in [-0.3, -0.25) is 0 Å². The molecule has 1 atom stereocenters. The lowest BCUT2D eigenvalue weighted by Crippen LogP contribution is -2.20. The van der Waals surface area contributed by atoms with Crippen molar-refractivity contribution in [3.8, 4) is 0 Å². The van der Waals surface area contributed by atoms with E-state index in [2.05, 4.69) is 4.74 Å². The van der Waals surface area contributed by atoms with Gasteiger partial charge in [0.05, 0.1) is 28.4 Å². The predicted octanol–water partition coefficient (Wildman–Crippen LogP) is 2.24. The van der Waals surface area contributed by atoms with E-state index in [1.165, 1.54) is 18.4 Å². The summed E-state index contributed by atoms with van der Waals surface area (Å²) in [5.41, 5.74) is 6.55. The molecule has 2 N–H and O–H groups in total. The number of methoxy groups -OCH3 is 1. The van der Waals surface area contributed by atoms with E-state index in [-0.39, 0.29) is 13.2 Å². The molecule has 0 fully saturated rings. The van der Waals surface area contributed by atoms with Crippen LogP contribution in [-0.2, 0) is 14.3 Å². The zero-order valence-corrected chi connectivity index (χ0v) is 10.9. The van der Waals surface area contributed by atoms with Crippen LogP contribution in [0.25, 0.3) is 0 Å². The first-order valence-corrected chi connectivity index (χ1v) is 5.96. The monoisotopic (exact) mass is 283 g/mol. The lowest BCUT2D eigenvalue weighted by atomic mass is 10.2. The smallest absolute Gasteiger partial charge is 0.331 e. The van der Waals surface area contributed by atoms with Crippen LogP contribution in [0.4, 0.5) is 0 Å². The van der Waals surface area contributed by atoms with Crippen molar-refractivity contribution in [1.82, 2.24) is 0 Å². The lowest BCUT2D eigenvalue weighted by Gasteiger charge is -2.10. The zero-order chi connectivity index (χ0) is 12.1. The molecule has 1 rings (SSSR count). The first kappa shape index (κ1) is 13.7. The second-order valence-electron chi connectivity index (χ2n) is 2.98. The van der Waals surface area contributed by atoms with Gasteiger partial charge in [-0.15, -0.1) is 11.3 Å². The van der Waals surface area contributed by atoms with E-state index in [4.69, 9.17) is 33.7 Å². The van der Waals surface area contributed by atoms with Gasteiger partial charge in [-0.25, -0.2) is 4.79 Å². The third-order valence-electron chi connectivity index (χ3n) is 1.83. The fraction of sp³-hybridized carbons (Fsp3) is 0.444. The molecule has 0 aliphatic rings. The third kappa shape index (κ3) is 3.92. The summed E-state index contributed by atoms with van der Waals surface area (Å²) in [6.45, 7) is 0.0571. The Morgan fingerprint density at radius 1 is 1.62 bits per heavy atom. The molecule has 0 aliphatic carbocycles. The molecule has 0 bridgehead atoms. The fourth-order valence-corrected chi connectivity index (χ4v) is 2.62. The SMILES string of the molecule is COC(=O)COCC(N)c1cc(Cl)sc1Cl. The van der Waals surface area contributed by atoms with E-state index in [1.54, 1.807) is 6.07 Å². The van der Waals surface area contributed by atoms with Crippen molar-refractivity contribution >= 4 is 40.5 Å². The highest BCUT2D eigenvalue weighted by Gasteiger charge is 2.14. The Bertz CT molecular complexity index is 370. The largest absolute Gasteiger partial charge is 0.467 e. The summed E-state index contributed by atoms with van der Waals surface area (Å²) in [6.07, 6.45) is 0. The van der Waals surface area contributed by atoms with Crippen molar-refractivity contribution in [2.24, 2.45) is 5.73 Å². The van der Waals surface area contributed by atoms with E-state index in [0.29, 0.717) is 8.67 Å². The van der Waals surface area contributed by atoms with Crippen LogP contribution < -0.4 is 5.73 Å². The average Bonchev–Trinajstić information content (AvgIpc) is 2.57. The summed E-state index contributed by atoms with van der Waals surface area (Å²) in [4.78, 5) is 10.8. The first-order valence-electron chi connectivity index (χ1n) is 4.39. The second-order valence-corrected chi connectivity index (χ2v) is 5.26. The molecule has 4 nitrogen and oxygen atoms in total. The van der Waals surface area contributed by atoms with Gasteiger partial charge in [-0.05, 0) is 6.07 Å². The van der Waals surface area contributed by atoms with E-state index in [9.17, 15) is 4.79 Å². The van der Waals surface area contributed by atoms with Gasteiger partial charge in [0.15, 0.2) is 0 Å². The van der Waals surface area contributed by atoms with Crippen molar-refractivity contribution in [3.05, 3.63) is 20.3 Å². The van der Waals surface area contributed by atoms with Gasteiger partial charge in [0.1, 0.15) is 6.61 Å². The number of halogens is 2. The van der Waals surface area contributed by atoms with Crippen molar-refractivity contribution < 1.29 is 14.3 Å². The van der Waals surface area contributed by atoms with E-state index in [0.717, 1.165) is 5.56 Å². The van der Waals surface area contributed by atoms with Crippen LogP contribution in [0.2, 0.25) is 8.67 Å². The Morgan fingerprint density at radius 2 is 2.31 bits per heavy atom. The van der Waals surface area contributed by atoms with Crippen molar-refractivity contribution in [2.45, 2.75) is 6.04 Å². The highest BCUT2D eigenvalue weighted by molar-refractivity contribution is 7.20. The van der Waals surface area contributed by atoms with E-state index in [1.807, 2.05) is 0 Å². The van der Waals surface area contributed by atoms with Crippen LogP contribution >= 0.6 is 34.5 Å². The minimum atomic E-state index is -0.443. The molecule has 1 aromatic heterocycles. The number of thiophene rings is 1. The summed E-state index contributed by atoms with van der Waals surface area (Å²) >= 11 is 12.9. The van der Waals surface area contributed by atoms with Gasteiger partial charge in [0.25, 0.3) is 0 Å². The van der Waals surface area contributed by atoms with Crippen LogP contribution in [0, 0.1) is 0 Å². The van der Waals surface area contributed by atoms with Gasteiger partial charge in [-0.1, -0.05) is 23.2 Å². The second kappa shape index (κ2) is 6.42. The standard InChI is InChI=1S/C9H11Cl2NO3S/c1-14-8(13)4-15-3-6(12)5-2-7(10)16-9(5)11/h2,6H,3-4,12H2,1H3. The summed E-state index contributed by atoms with van der Waals surface area (Å²) in [6, 6.07) is 1.29. The molecule has 0 aliphatic heterocycles. The summed E-state index contributed by atoms with van der Waals surface area (Å²) in [5.74, 6) is -0.443. The Balaban J connectivity index is 2.43. The van der Waals surface area contributed by atoms with Gasteiger partial charge in [0, 0.05) is 5.56 Å². The van der Waals surface area contributed by atoms with Gasteiger partial charge >= 0.3 is 5.97 Å². The number of carbonyl (C=O) groups is 1. The number of ether oxygens (including phenoxy) is 2. The molecule has 7 heteroatoms. The van der Waals surface area contributed by atoms with Crippen LogP contribution in [0.3, 0.4) is 0 Å². The highest BCUT2D eigenvalue weighted by atomic mass is 35.5. The normalized spacial score (nSPS) is 12.5. The Hall–Kier alpha value is -0.330. The van der Waals surface area contributed by atoms with Crippen LogP contribution in [-0.4, -0.2) is 26.3 Å². The average molecular weight is 284 g/mol. The maximum Gasteiger partial charge on any atom is 0.331 e. The summed E-state index contributed by atoms with van der Waals surface area (Å²) < 4.78 is 10.6. The number of hydrogen-bond acceptors (Lipinski definition) is 5. The van der Waals surface area contributed by atoms with Crippen molar-refractivity contribution in [3.63, 3.8) is 0 Å². The number of carbonyl (C=O) groups excluding carboxylic acids is 1. The van der Waals surface area contributed by atoms with Gasteiger partial charge in [0.2, 0.25) is 0 Å². The third-order valence-corrected chi connectivity index (χ3v) is 3.35. The first-order chi connectivity index (χ1) is 7.54. The van der Waals surface area contributed by atoms with Crippen LogP contribution in [0.15, 0.2) is 6.07 Å². The molecule has 90 valence electrons. The Kier molecular flexibility index (Phi) is 5.51. The highest BCUT2D eigenvalue weighted by Crippen LogP contribution is 2.34. The maximum absolute atomic E-state index is 10.8. The number of esters is 1. The molecule has 0 amide bonds. The molecule has 16 heavy (non-hydrogen) atoms. The van der Waals surface area contributed by atoms with E-state index >= 15 is 0 Å². The van der Waals surface area contributed by atoms with Crippen molar-refractivity contribution in [2.75, 3.05) is 20.3 Å². The molecule has 1 aromatic rings. The molecule has 0 saturated heterocycles. The molecule has 0 saturated carbocycles. The molecule has 0 radical (unpaired) electrons. The number of rotatable bonds is 5. The van der Waals surface area contributed by atoms with Gasteiger partial charge in [-0.2, -0.15) is 0 Å². The zero-order valence-electron chi connectivity index (χ0n) is 8.54.